The van der Waals surface area contributed by atoms with Crippen molar-refractivity contribution in [2.75, 3.05) is 26.0 Å². The maximum atomic E-state index is 13.2. The number of hydrogen-bond acceptors (Lipinski definition) is 6. The fourth-order valence-electron chi connectivity index (χ4n) is 3.15. The molecule has 0 saturated carbocycles. The summed E-state index contributed by atoms with van der Waals surface area (Å²) in [6, 6.07) is 7.32. The van der Waals surface area contributed by atoms with Gasteiger partial charge in [0.25, 0.3) is 5.56 Å². The summed E-state index contributed by atoms with van der Waals surface area (Å²) >= 11 is 2.89. The fourth-order valence-corrected chi connectivity index (χ4v) is 5.18. The Balaban J connectivity index is 2.00. The van der Waals surface area contributed by atoms with Crippen LogP contribution in [-0.4, -0.2) is 51.6 Å². The van der Waals surface area contributed by atoms with Gasteiger partial charge in [0.1, 0.15) is 5.75 Å². The summed E-state index contributed by atoms with van der Waals surface area (Å²) in [5.41, 5.74) is 1.49. The number of aromatic nitrogens is 2. The molecule has 2 heterocycles. The lowest BCUT2D eigenvalue weighted by Gasteiger charge is -2.19. The first-order chi connectivity index (χ1) is 13.5. The lowest BCUT2D eigenvalue weighted by molar-refractivity contribution is -0.127. The number of hydrogen-bond donors (Lipinski definition) is 0. The number of rotatable bonds is 7. The number of ether oxygens (including phenoxy) is 1. The van der Waals surface area contributed by atoms with Crippen molar-refractivity contribution in [3.63, 3.8) is 0 Å². The summed E-state index contributed by atoms with van der Waals surface area (Å²) in [5.74, 6) is 1.03. The molecule has 1 amide bonds. The van der Waals surface area contributed by atoms with E-state index in [-0.39, 0.29) is 17.2 Å². The second-order valence-electron chi connectivity index (χ2n) is 6.50. The first-order valence-electron chi connectivity index (χ1n) is 9.36. The van der Waals surface area contributed by atoms with Gasteiger partial charge in [-0.2, -0.15) is 0 Å². The van der Waals surface area contributed by atoms with Crippen LogP contribution in [0.4, 0.5) is 0 Å². The van der Waals surface area contributed by atoms with Crippen molar-refractivity contribution in [3.8, 4) is 11.4 Å². The van der Waals surface area contributed by atoms with Crippen LogP contribution in [-0.2, 0) is 11.2 Å². The third kappa shape index (κ3) is 4.22. The number of benzene rings is 1. The molecule has 0 saturated heterocycles. The van der Waals surface area contributed by atoms with Crippen LogP contribution in [0, 0.1) is 0 Å². The van der Waals surface area contributed by atoms with Crippen LogP contribution < -0.4 is 10.3 Å². The van der Waals surface area contributed by atoms with Crippen molar-refractivity contribution >= 4 is 29.4 Å². The smallest absolute Gasteiger partial charge is 0.272 e. The molecule has 1 atom stereocenters. The maximum absolute atomic E-state index is 13.2. The molecule has 1 aliphatic heterocycles. The van der Waals surface area contributed by atoms with Gasteiger partial charge < -0.3 is 9.64 Å². The lowest BCUT2D eigenvalue weighted by atomic mass is 10.2. The summed E-state index contributed by atoms with van der Waals surface area (Å²) in [4.78, 5) is 33.0. The highest BCUT2D eigenvalue weighted by atomic mass is 32.2. The molecular formula is C20H25N3O3S2. The van der Waals surface area contributed by atoms with Gasteiger partial charge in [0.15, 0.2) is 5.16 Å². The second kappa shape index (κ2) is 9.05. The van der Waals surface area contributed by atoms with E-state index < -0.39 is 0 Å². The first kappa shape index (κ1) is 20.8. The Morgan fingerprint density at radius 2 is 2.00 bits per heavy atom. The Bertz CT molecular complexity index is 908. The predicted octanol–water partition coefficient (Wildman–Crippen LogP) is 3.24. The van der Waals surface area contributed by atoms with Crippen LogP contribution in [0.1, 0.15) is 26.5 Å². The van der Waals surface area contributed by atoms with E-state index in [1.54, 1.807) is 28.3 Å². The minimum Gasteiger partial charge on any atom is -0.497 e. The number of methoxy groups -OCH3 is 1. The van der Waals surface area contributed by atoms with E-state index in [9.17, 15) is 9.59 Å². The SMILES string of the molecule is CCN(CC)C(=O)CSc1nc2c(c(=O)n1-c1ccc(OC)cc1)SC(C)C2. The molecule has 28 heavy (non-hydrogen) atoms. The lowest BCUT2D eigenvalue weighted by Crippen LogP contribution is -2.32. The van der Waals surface area contributed by atoms with Crippen LogP contribution >= 0.6 is 23.5 Å². The molecule has 0 radical (unpaired) electrons. The monoisotopic (exact) mass is 419 g/mol. The standard InChI is InChI=1S/C20H25N3O3S2/c1-5-22(6-2)17(24)12-27-20-21-16-11-13(3)28-18(16)19(25)23(20)14-7-9-15(26-4)10-8-14/h7-10,13H,5-6,11-12H2,1-4H3. The molecule has 0 bridgehead atoms. The molecule has 1 aliphatic rings. The Morgan fingerprint density at radius 3 is 2.61 bits per heavy atom. The predicted molar refractivity (Wildman–Crippen MR) is 114 cm³/mol. The number of carbonyl (C=O) groups excluding carboxylic acids is 1. The maximum Gasteiger partial charge on any atom is 0.272 e. The zero-order valence-corrected chi connectivity index (χ0v) is 18.2. The summed E-state index contributed by atoms with van der Waals surface area (Å²) < 4.78 is 6.84. The number of thioether (sulfide) groups is 2. The van der Waals surface area contributed by atoms with Crippen molar-refractivity contribution in [1.82, 2.24) is 14.5 Å². The summed E-state index contributed by atoms with van der Waals surface area (Å²) in [7, 11) is 1.61. The minimum absolute atomic E-state index is 0.0498. The Morgan fingerprint density at radius 1 is 1.32 bits per heavy atom. The van der Waals surface area contributed by atoms with E-state index in [4.69, 9.17) is 9.72 Å². The van der Waals surface area contributed by atoms with E-state index >= 15 is 0 Å². The second-order valence-corrected chi connectivity index (χ2v) is 8.89. The zero-order valence-electron chi connectivity index (χ0n) is 16.6. The van der Waals surface area contributed by atoms with Gasteiger partial charge in [0.05, 0.1) is 29.1 Å². The summed E-state index contributed by atoms with van der Waals surface area (Å²) in [6.45, 7) is 7.37. The Labute approximate surface area is 173 Å². The van der Waals surface area contributed by atoms with Gasteiger partial charge in [-0.05, 0) is 38.1 Å². The molecule has 1 aromatic heterocycles. The van der Waals surface area contributed by atoms with E-state index in [1.165, 1.54) is 11.8 Å². The van der Waals surface area contributed by atoms with Crippen LogP contribution in [0.15, 0.2) is 39.1 Å². The van der Waals surface area contributed by atoms with Gasteiger partial charge in [-0.1, -0.05) is 18.7 Å². The largest absolute Gasteiger partial charge is 0.497 e. The molecule has 0 fully saturated rings. The fraction of sp³-hybridized carbons (Fsp3) is 0.450. The summed E-state index contributed by atoms with van der Waals surface area (Å²) in [5, 5.41) is 0.890. The van der Waals surface area contributed by atoms with Crippen LogP contribution in [0.5, 0.6) is 5.75 Å². The average molecular weight is 420 g/mol. The molecule has 0 aliphatic carbocycles. The Hall–Kier alpha value is -1.93. The van der Waals surface area contributed by atoms with Gasteiger partial charge in [0.2, 0.25) is 5.91 Å². The highest BCUT2D eigenvalue weighted by molar-refractivity contribution is 8.00. The van der Waals surface area contributed by atoms with Crippen molar-refractivity contribution < 1.29 is 9.53 Å². The van der Waals surface area contributed by atoms with Crippen molar-refractivity contribution in [3.05, 3.63) is 40.3 Å². The van der Waals surface area contributed by atoms with Gasteiger partial charge in [-0.25, -0.2) is 4.98 Å². The molecule has 1 unspecified atom stereocenters. The third-order valence-corrected chi connectivity index (χ3v) is 6.79. The van der Waals surface area contributed by atoms with Crippen LogP contribution in [0.2, 0.25) is 0 Å². The van der Waals surface area contributed by atoms with Crippen LogP contribution in [0.25, 0.3) is 5.69 Å². The molecule has 150 valence electrons. The van der Waals surface area contributed by atoms with Gasteiger partial charge >= 0.3 is 0 Å². The molecule has 3 rings (SSSR count). The molecule has 1 aromatic carbocycles. The normalized spacial score (nSPS) is 15.4. The topological polar surface area (TPSA) is 64.4 Å². The van der Waals surface area contributed by atoms with Gasteiger partial charge in [-0.15, -0.1) is 11.8 Å². The highest BCUT2D eigenvalue weighted by Crippen LogP contribution is 2.35. The molecule has 8 heteroatoms. The molecule has 6 nitrogen and oxygen atoms in total. The van der Waals surface area contributed by atoms with E-state index in [1.807, 2.05) is 38.1 Å². The first-order valence-corrected chi connectivity index (χ1v) is 11.2. The highest BCUT2D eigenvalue weighted by Gasteiger charge is 2.27. The van der Waals surface area contributed by atoms with Gasteiger partial charge in [0, 0.05) is 24.8 Å². The average Bonchev–Trinajstić information content (AvgIpc) is 3.08. The quantitative estimate of drug-likeness (QED) is 0.507. The minimum atomic E-state index is -0.0673. The van der Waals surface area contributed by atoms with E-state index in [0.29, 0.717) is 28.4 Å². The molecule has 2 aromatic rings. The summed E-state index contributed by atoms with van der Waals surface area (Å²) in [6.07, 6.45) is 0.774. The van der Waals surface area contributed by atoms with Gasteiger partial charge in [-0.3, -0.25) is 14.2 Å². The third-order valence-electron chi connectivity index (χ3n) is 4.65. The van der Waals surface area contributed by atoms with Crippen molar-refractivity contribution in [1.29, 1.82) is 0 Å². The number of fused-ring (bicyclic) bond motifs is 1. The van der Waals surface area contributed by atoms with Crippen LogP contribution in [0.3, 0.4) is 0 Å². The number of amides is 1. The van der Waals surface area contributed by atoms with E-state index in [2.05, 4.69) is 6.92 Å². The number of carbonyl (C=O) groups is 1. The zero-order chi connectivity index (χ0) is 20.3. The molecule has 0 N–H and O–H groups in total. The number of nitrogens with zero attached hydrogens (tertiary/aromatic N) is 3. The van der Waals surface area contributed by atoms with E-state index in [0.717, 1.165) is 23.6 Å². The van der Waals surface area contributed by atoms with Crippen molar-refractivity contribution in [2.24, 2.45) is 0 Å². The molecular weight excluding hydrogens is 394 g/mol. The molecule has 0 spiro atoms. The Kier molecular flexibility index (Phi) is 6.72. The van der Waals surface area contributed by atoms with Crippen molar-refractivity contribution in [2.45, 2.75) is 42.5 Å².